The number of rotatable bonds is 6. The molecule has 0 aliphatic carbocycles. The fraction of sp³-hybridized carbons (Fsp3) is 0.429. The number of likely N-dealkylation sites (tertiary alicyclic amines) is 1. The van der Waals surface area contributed by atoms with Gasteiger partial charge >= 0.3 is 6.09 Å². The number of ether oxygens (including phenoxy) is 1. The molecule has 11 nitrogen and oxygen atoms in total. The molecule has 2 fully saturated rings. The van der Waals surface area contributed by atoms with Crippen molar-refractivity contribution in [1.82, 2.24) is 14.1 Å². The third kappa shape index (κ3) is 5.33. The summed E-state index contributed by atoms with van der Waals surface area (Å²) in [4.78, 5) is 54.2. The van der Waals surface area contributed by atoms with E-state index < -0.39 is 33.8 Å². The average molecular weight is 569 g/mol. The lowest BCUT2D eigenvalue weighted by Crippen LogP contribution is -2.48. The number of hydrogen-bond acceptors (Lipinski definition) is 7. The summed E-state index contributed by atoms with van der Waals surface area (Å²) in [6, 6.07) is 10.0. The van der Waals surface area contributed by atoms with Crippen LogP contribution < -0.4 is 5.32 Å². The highest BCUT2D eigenvalue weighted by Crippen LogP contribution is 2.30. The minimum atomic E-state index is -3.58. The van der Waals surface area contributed by atoms with Gasteiger partial charge in [-0.2, -0.15) is 4.31 Å². The maximum Gasteiger partial charge on any atom is 0.409 e. The average Bonchev–Trinajstić information content (AvgIpc) is 3.22. The van der Waals surface area contributed by atoms with Gasteiger partial charge in [0.25, 0.3) is 17.7 Å². The number of carbonyl (C=O) groups is 4. The maximum atomic E-state index is 13.2. The lowest BCUT2D eigenvalue weighted by molar-refractivity contribution is 0.0485. The Morgan fingerprint density at radius 2 is 1.55 bits per heavy atom. The quantitative estimate of drug-likeness (QED) is 0.529. The molecule has 3 aliphatic heterocycles. The van der Waals surface area contributed by atoms with E-state index in [1.165, 1.54) is 51.7 Å². The third-order valence-corrected chi connectivity index (χ3v) is 9.51. The number of imide groups is 1. The van der Waals surface area contributed by atoms with E-state index in [0.29, 0.717) is 44.7 Å². The Kier molecular flexibility index (Phi) is 7.90. The van der Waals surface area contributed by atoms with Crippen LogP contribution in [-0.4, -0.2) is 85.2 Å². The summed E-state index contributed by atoms with van der Waals surface area (Å²) in [6.45, 7) is 3.77. The summed E-state index contributed by atoms with van der Waals surface area (Å²) in [5, 5.41) is 2.73. The minimum Gasteiger partial charge on any atom is -0.450 e. The molecule has 3 aliphatic rings. The van der Waals surface area contributed by atoms with Gasteiger partial charge in [-0.3, -0.25) is 19.3 Å². The number of fused-ring (bicyclic) bond motifs is 1. The maximum absolute atomic E-state index is 13.2. The van der Waals surface area contributed by atoms with Crippen LogP contribution in [0.25, 0.3) is 0 Å². The molecule has 1 N–H and O–H groups in total. The fourth-order valence-corrected chi connectivity index (χ4v) is 6.94. The fourth-order valence-electron chi connectivity index (χ4n) is 5.42. The number of carbonyl (C=O) groups excluding carboxylic acids is 4. The number of piperidine rings is 2. The first-order chi connectivity index (χ1) is 19.2. The Morgan fingerprint density at radius 3 is 2.20 bits per heavy atom. The van der Waals surface area contributed by atoms with Gasteiger partial charge in [0, 0.05) is 43.5 Å². The molecule has 40 heavy (non-hydrogen) atoms. The van der Waals surface area contributed by atoms with Crippen LogP contribution in [0.3, 0.4) is 0 Å². The molecule has 5 rings (SSSR count). The number of anilines is 1. The SMILES string of the molecule is CCOC(=O)N1CCC(N2C(=O)c3ccc(C(=O)Nc4ccc(S(=O)(=O)N5CCCCC5)cc4)cc3C2=O)CC1. The first-order valence-electron chi connectivity index (χ1n) is 13.6. The molecule has 0 bridgehead atoms. The summed E-state index contributed by atoms with van der Waals surface area (Å²) >= 11 is 0. The van der Waals surface area contributed by atoms with Crippen LogP contribution >= 0.6 is 0 Å². The van der Waals surface area contributed by atoms with Crippen LogP contribution in [0.15, 0.2) is 47.4 Å². The Labute approximate surface area is 233 Å². The Balaban J connectivity index is 1.24. The van der Waals surface area contributed by atoms with Gasteiger partial charge in [0.05, 0.1) is 22.6 Å². The second-order valence-corrected chi connectivity index (χ2v) is 12.0. The van der Waals surface area contributed by atoms with Gasteiger partial charge in [0.1, 0.15) is 0 Å². The topological polar surface area (TPSA) is 133 Å². The Hall–Kier alpha value is -3.77. The number of nitrogens with one attached hydrogen (secondary N) is 1. The van der Waals surface area contributed by atoms with Gasteiger partial charge in [-0.05, 0) is 75.1 Å². The van der Waals surface area contributed by atoms with Crippen LogP contribution in [0, 0.1) is 0 Å². The van der Waals surface area contributed by atoms with E-state index >= 15 is 0 Å². The molecular weight excluding hydrogens is 536 g/mol. The van der Waals surface area contributed by atoms with Gasteiger partial charge in [-0.15, -0.1) is 0 Å². The highest BCUT2D eigenvalue weighted by Gasteiger charge is 2.41. The lowest BCUT2D eigenvalue weighted by Gasteiger charge is -2.35. The van der Waals surface area contributed by atoms with Crippen LogP contribution in [0.4, 0.5) is 10.5 Å². The zero-order valence-electron chi connectivity index (χ0n) is 22.3. The first kappa shape index (κ1) is 27.8. The molecule has 2 saturated heterocycles. The molecule has 0 spiro atoms. The zero-order valence-corrected chi connectivity index (χ0v) is 23.1. The third-order valence-electron chi connectivity index (χ3n) is 7.60. The minimum absolute atomic E-state index is 0.161. The molecule has 0 aromatic heterocycles. The van der Waals surface area contributed by atoms with Gasteiger partial charge < -0.3 is 15.0 Å². The molecule has 0 atom stereocenters. The number of sulfonamides is 1. The molecule has 2 aromatic rings. The van der Waals surface area contributed by atoms with Crippen molar-refractivity contribution in [3.63, 3.8) is 0 Å². The largest absolute Gasteiger partial charge is 0.450 e. The predicted octanol–water partition coefficient (Wildman–Crippen LogP) is 3.33. The van der Waals surface area contributed by atoms with E-state index in [1.54, 1.807) is 11.8 Å². The molecule has 0 unspecified atom stereocenters. The van der Waals surface area contributed by atoms with Crippen molar-refractivity contribution in [2.24, 2.45) is 0 Å². The summed E-state index contributed by atoms with van der Waals surface area (Å²) in [7, 11) is -3.58. The first-order valence-corrected chi connectivity index (χ1v) is 15.0. The molecule has 212 valence electrons. The summed E-state index contributed by atoms with van der Waals surface area (Å²) in [6.07, 6.45) is 3.19. The van der Waals surface area contributed by atoms with Crippen molar-refractivity contribution >= 4 is 39.5 Å². The van der Waals surface area contributed by atoms with E-state index in [9.17, 15) is 27.6 Å². The highest BCUT2D eigenvalue weighted by molar-refractivity contribution is 7.89. The molecule has 0 saturated carbocycles. The van der Waals surface area contributed by atoms with Gasteiger partial charge in [0.15, 0.2) is 0 Å². The smallest absolute Gasteiger partial charge is 0.409 e. The van der Waals surface area contributed by atoms with Crippen LogP contribution in [-0.2, 0) is 14.8 Å². The monoisotopic (exact) mass is 568 g/mol. The number of hydrogen-bond donors (Lipinski definition) is 1. The van der Waals surface area contributed by atoms with Crippen LogP contribution in [0.2, 0.25) is 0 Å². The van der Waals surface area contributed by atoms with Gasteiger partial charge in [0.2, 0.25) is 10.0 Å². The second kappa shape index (κ2) is 11.4. The van der Waals surface area contributed by atoms with Crippen molar-refractivity contribution in [3.8, 4) is 0 Å². The molecule has 2 aromatic carbocycles. The van der Waals surface area contributed by atoms with Gasteiger partial charge in [-0.25, -0.2) is 13.2 Å². The molecule has 4 amide bonds. The van der Waals surface area contributed by atoms with Crippen molar-refractivity contribution < 1.29 is 32.3 Å². The van der Waals surface area contributed by atoms with Crippen molar-refractivity contribution in [2.45, 2.75) is 50.0 Å². The zero-order chi connectivity index (χ0) is 28.4. The standard InChI is InChI=1S/C28H32N4O7S/c1-2-39-28(36)30-16-12-21(13-17-30)32-26(34)23-11-6-19(18-24(23)27(32)35)25(33)29-20-7-9-22(10-8-20)40(37,38)31-14-4-3-5-15-31/h6-11,18,21H,2-5,12-17H2,1H3,(H,29,33). The lowest BCUT2D eigenvalue weighted by atomic mass is 10.0. The second-order valence-electron chi connectivity index (χ2n) is 10.1. The summed E-state index contributed by atoms with van der Waals surface area (Å²) < 4.78 is 32.3. The predicted molar refractivity (Wildman–Crippen MR) is 146 cm³/mol. The molecule has 0 radical (unpaired) electrons. The summed E-state index contributed by atoms with van der Waals surface area (Å²) in [5.41, 5.74) is 1.000. The highest BCUT2D eigenvalue weighted by atomic mass is 32.2. The van der Waals surface area contributed by atoms with E-state index in [-0.39, 0.29) is 34.2 Å². The number of amides is 4. The molecule has 12 heteroatoms. The van der Waals surface area contributed by atoms with Gasteiger partial charge in [-0.1, -0.05) is 6.42 Å². The van der Waals surface area contributed by atoms with E-state index in [0.717, 1.165) is 19.3 Å². The van der Waals surface area contributed by atoms with Crippen molar-refractivity contribution in [2.75, 3.05) is 38.1 Å². The normalized spacial score (nSPS) is 18.5. The number of benzene rings is 2. The molecular formula is C28H32N4O7S. The summed E-state index contributed by atoms with van der Waals surface area (Å²) in [5.74, 6) is -1.36. The Morgan fingerprint density at radius 1 is 0.900 bits per heavy atom. The van der Waals surface area contributed by atoms with Crippen LogP contribution in [0.1, 0.15) is 70.1 Å². The van der Waals surface area contributed by atoms with E-state index in [1.807, 2.05) is 0 Å². The Bertz CT molecular complexity index is 1430. The van der Waals surface area contributed by atoms with E-state index in [2.05, 4.69) is 5.32 Å². The van der Waals surface area contributed by atoms with Crippen molar-refractivity contribution in [3.05, 3.63) is 59.2 Å². The van der Waals surface area contributed by atoms with Crippen LogP contribution in [0.5, 0.6) is 0 Å². The number of nitrogens with zero attached hydrogens (tertiary/aromatic N) is 3. The van der Waals surface area contributed by atoms with Crippen molar-refractivity contribution in [1.29, 1.82) is 0 Å². The van der Waals surface area contributed by atoms with E-state index in [4.69, 9.17) is 4.74 Å². The molecule has 3 heterocycles.